The van der Waals surface area contributed by atoms with Gasteiger partial charge in [0.2, 0.25) is 5.91 Å². The van der Waals surface area contributed by atoms with Gasteiger partial charge < -0.3 is 9.80 Å². The Kier molecular flexibility index (Phi) is 5.12. The summed E-state index contributed by atoms with van der Waals surface area (Å²) < 4.78 is 1.62. The van der Waals surface area contributed by atoms with E-state index < -0.39 is 6.04 Å². The minimum Gasteiger partial charge on any atom is -0.339 e. The van der Waals surface area contributed by atoms with Gasteiger partial charge in [-0.2, -0.15) is 5.10 Å². The number of carbonyl (C=O) groups is 2. The van der Waals surface area contributed by atoms with Crippen LogP contribution >= 0.6 is 0 Å². The average molecular weight is 320 g/mol. The van der Waals surface area contributed by atoms with E-state index in [0.29, 0.717) is 24.7 Å². The minimum atomic E-state index is -0.424. The van der Waals surface area contributed by atoms with Crippen LogP contribution in [-0.4, -0.2) is 57.1 Å². The van der Waals surface area contributed by atoms with Crippen LogP contribution in [0.15, 0.2) is 6.07 Å². The van der Waals surface area contributed by atoms with Crippen LogP contribution in [0.2, 0.25) is 0 Å². The number of carbonyl (C=O) groups excluding carboxylic acids is 2. The summed E-state index contributed by atoms with van der Waals surface area (Å²) in [6.07, 6.45) is 0. The highest BCUT2D eigenvalue weighted by atomic mass is 16.2. The van der Waals surface area contributed by atoms with Crippen LogP contribution < -0.4 is 0 Å². The Morgan fingerprint density at radius 2 is 1.96 bits per heavy atom. The molecule has 6 heteroatoms. The van der Waals surface area contributed by atoms with E-state index in [1.165, 1.54) is 0 Å². The van der Waals surface area contributed by atoms with Gasteiger partial charge in [0, 0.05) is 26.7 Å². The molecule has 6 nitrogen and oxygen atoms in total. The second kappa shape index (κ2) is 6.72. The maximum atomic E-state index is 12.8. The number of hydrogen-bond acceptors (Lipinski definition) is 3. The first-order valence-electron chi connectivity index (χ1n) is 8.36. The number of hydrogen-bond donors (Lipinski definition) is 0. The molecule has 1 aliphatic rings. The van der Waals surface area contributed by atoms with Gasteiger partial charge in [-0.25, -0.2) is 0 Å². The third-order valence-electron chi connectivity index (χ3n) is 4.30. The summed E-state index contributed by atoms with van der Waals surface area (Å²) in [4.78, 5) is 28.9. The number of amides is 2. The Morgan fingerprint density at radius 3 is 2.48 bits per heavy atom. The zero-order valence-corrected chi connectivity index (χ0v) is 15.0. The van der Waals surface area contributed by atoms with Gasteiger partial charge in [-0.1, -0.05) is 27.7 Å². The Labute approximate surface area is 138 Å². The van der Waals surface area contributed by atoms with E-state index in [-0.39, 0.29) is 17.7 Å². The third kappa shape index (κ3) is 3.57. The van der Waals surface area contributed by atoms with E-state index in [2.05, 4.69) is 18.9 Å². The van der Waals surface area contributed by atoms with Gasteiger partial charge in [0.15, 0.2) is 0 Å². The molecular formula is C17H28N4O2. The number of nitrogens with zero attached hydrogens (tertiary/aromatic N) is 4. The zero-order chi connectivity index (χ0) is 17.3. The smallest absolute Gasteiger partial charge is 0.272 e. The molecule has 1 atom stereocenters. The van der Waals surface area contributed by atoms with Crippen molar-refractivity contribution in [1.82, 2.24) is 19.6 Å². The van der Waals surface area contributed by atoms with Gasteiger partial charge in [-0.05, 0) is 24.8 Å². The first kappa shape index (κ1) is 17.5. The lowest BCUT2D eigenvalue weighted by Gasteiger charge is -2.39. The van der Waals surface area contributed by atoms with Crippen molar-refractivity contribution >= 4 is 11.8 Å². The normalized spacial score (nSPS) is 19.1. The topological polar surface area (TPSA) is 58.4 Å². The molecule has 1 aromatic heterocycles. The molecule has 0 bridgehead atoms. The molecule has 1 saturated heterocycles. The summed E-state index contributed by atoms with van der Waals surface area (Å²) in [5.41, 5.74) is 1.44. The Bertz CT molecular complexity index is 591. The Morgan fingerprint density at radius 1 is 1.30 bits per heavy atom. The number of rotatable bonds is 4. The fourth-order valence-electron chi connectivity index (χ4n) is 2.95. The molecule has 0 saturated carbocycles. The lowest BCUT2D eigenvalue weighted by molar-refractivity contribution is -0.140. The lowest BCUT2D eigenvalue weighted by atomic mass is 10.1. The quantitative estimate of drug-likeness (QED) is 0.851. The van der Waals surface area contributed by atoms with Crippen LogP contribution in [0.25, 0.3) is 0 Å². The monoisotopic (exact) mass is 320 g/mol. The molecule has 0 N–H and O–H groups in total. The molecule has 0 radical (unpaired) electrons. The predicted octanol–water partition coefficient (Wildman–Crippen LogP) is 1.87. The van der Waals surface area contributed by atoms with Crippen LogP contribution in [0.1, 0.15) is 56.7 Å². The predicted molar refractivity (Wildman–Crippen MR) is 89.2 cm³/mol. The van der Waals surface area contributed by atoms with Gasteiger partial charge in [0.05, 0.1) is 5.69 Å². The maximum absolute atomic E-state index is 12.8. The number of aromatic nitrogens is 2. The van der Waals surface area contributed by atoms with Crippen LogP contribution in [0.4, 0.5) is 0 Å². The van der Waals surface area contributed by atoms with Crippen molar-refractivity contribution < 1.29 is 9.59 Å². The zero-order valence-electron chi connectivity index (χ0n) is 15.0. The molecule has 0 aromatic carbocycles. The van der Waals surface area contributed by atoms with Crippen molar-refractivity contribution in [1.29, 1.82) is 0 Å². The summed E-state index contributed by atoms with van der Waals surface area (Å²) >= 11 is 0. The first-order valence-corrected chi connectivity index (χ1v) is 8.36. The van der Waals surface area contributed by atoms with Crippen molar-refractivity contribution in [3.8, 4) is 0 Å². The van der Waals surface area contributed by atoms with Gasteiger partial charge in [0.25, 0.3) is 5.91 Å². The molecule has 1 fully saturated rings. The van der Waals surface area contributed by atoms with Gasteiger partial charge in [-0.15, -0.1) is 0 Å². The van der Waals surface area contributed by atoms with Crippen LogP contribution in [0, 0.1) is 5.92 Å². The van der Waals surface area contributed by atoms with Crippen LogP contribution in [0.5, 0.6) is 0 Å². The van der Waals surface area contributed by atoms with Crippen LogP contribution in [-0.2, 0) is 11.8 Å². The lowest BCUT2D eigenvalue weighted by Crippen LogP contribution is -2.58. The van der Waals surface area contributed by atoms with E-state index in [0.717, 1.165) is 12.2 Å². The van der Waals surface area contributed by atoms with Gasteiger partial charge >= 0.3 is 0 Å². The summed E-state index contributed by atoms with van der Waals surface area (Å²) in [7, 11) is 1.78. The standard InChI is InChI=1S/C17H28N4O2/c1-11(2)10-20-7-8-21(13(5)16(20)22)17(23)15-9-14(12(3)4)18-19(15)6/h9,11-13H,7-8,10H2,1-6H3/t13-/m1/s1. The highest BCUT2D eigenvalue weighted by Gasteiger charge is 2.35. The van der Waals surface area contributed by atoms with E-state index in [1.54, 1.807) is 16.6 Å². The van der Waals surface area contributed by atoms with E-state index in [4.69, 9.17) is 0 Å². The number of piperazine rings is 1. The van der Waals surface area contributed by atoms with E-state index >= 15 is 0 Å². The largest absolute Gasteiger partial charge is 0.339 e. The molecule has 23 heavy (non-hydrogen) atoms. The Balaban J connectivity index is 2.16. The molecular weight excluding hydrogens is 292 g/mol. The summed E-state index contributed by atoms with van der Waals surface area (Å²) in [5, 5.41) is 4.40. The first-order chi connectivity index (χ1) is 10.7. The SMILES string of the molecule is CC(C)CN1CCN(C(=O)c2cc(C(C)C)nn2C)[C@H](C)C1=O. The molecule has 1 aromatic rings. The summed E-state index contributed by atoms with van der Waals surface area (Å²) in [6, 6.07) is 1.41. The minimum absolute atomic E-state index is 0.0320. The second-order valence-corrected chi connectivity index (χ2v) is 7.09. The van der Waals surface area contributed by atoms with Crippen molar-refractivity contribution in [2.45, 2.75) is 46.6 Å². The second-order valence-electron chi connectivity index (χ2n) is 7.09. The molecule has 0 aliphatic carbocycles. The molecule has 2 rings (SSSR count). The Hall–Kier alpha value is -1.85. The molecule has 128 valence electrons. The average Bonchev–Trinajstić information content (AvgIpc) is 2.85. The molecule has 0 unspecified atom stereocenters. The van der Waals surface area contributed by atoms with Crippen molar-refractivity contribution in [2.24, 2.45) is 13.0 Å². The molecule has 0 spiro atoms. The molecule has 2 amide bonds. The summed E-state index contributed by atoms with van der Waals surface area (Å²) in [6.45, 7) is 12.0. The van der Waals surface area contributed by atoms with Gasteiger partial charge in [0.1, 0.15) is 11.7 Å². The molecule has 2 heterocycles. The van der Waals surface area contributed by atoms with Crippen LogP contribution in [0.3, 0.4) is 0 Å². The van der Waals surface area contributed by atoms with Gasteiger partial charge in [-0.3, -0.25) is 14.3 Å². The van der Waals surface area contributed by atoms with E-state index in [1.807, 2.05) is 31.7 Å². The molecule has 1 aliphatic heterocycles. The fraction of sp³-hybridized carbons (Fsp3) is 0.706. The van der Waals surface area contributed by atoms with E-state index in [9.17, 15) is 9.59 Å². The highest BCUT2D eigenvalue weighted by Crippen LogP contribution is 2.19. The van der Waals surface area contributed by atoms with Crippen molar-refractivity contribution in [3.05, 3.63) is 17.5 Å². The third-order valence-corrected chi connectivity index (χ3v) is 4.30. The highest BCUT2D eigenvalue weighted by molar-refractivity contribution is 5.97. The van der Waals surface area contributed by atoms with Crippen molar-refractivity contribution in [2.75, 3.05) is 19.6 Å². The maximum Gasteiger partial charge on any atom is 0.272 e. The van der Waals surface area contributed by atoms with Crippen molar-refractivity contribution in [3.63, 3.8) is 0 Å². The fourth-order valence-corrected chi connectivity index (χ4v) is 2.95. The number of aryl methyl sites for hydroxylation is 1. The summed E-state index contributed by atoms with van der Waals surface area (Å²) in [5.74, 6) is 0.616.